The van der Waals surface area contributed by atoms with E-state index in [4.69, 9.17) is 15.6 Å². The Kier molecular flexibility index (Phi) is 6.48. The van der Waals surface area contributed by atoms with Crippen LogP contribution in [0.15, 0.2) is 67.1 Å². The van der Waals surface area contributed by atoms with Crippen molar-refractivity contribution >= 4 is 28.1 Å². The van der Waals surface area contributed by atoms with Crippen LogP contribution in [0.5, 0.6) is 0 Å². The number of carbonyl (C=O) groups excluding carboxylic acids is 1. The number of aromatic nitrogens is 5. The van der Waals surface area contributed by atoms with E-state index < -0.39 is 0 Å². The Labute approximate surface area is 220 Å². The quantitative estimate of drug-likeness (QED) is 0.345. The highest BCUT2D eigenvalue weighted by molar-refractivity contribution is 5.92. The number of anilines is 1. The van der Waals surface area contributed by atoms with E-state index in [0.717, 1.165) is 33.2 Å². The Bertz CT molecular complexity index is 1590. The Morgan fingerprint density at radius 3 is 2.89 bits per heavy atom. The number of hydrogen-bond acceptors (Lipinski definition) is 7. The van der Waals surface area contributed by atoms with Gasteiger partial charge in [-0.05, 0) is 30.3 Å². The molecule has 0 aliphatic carbocycles. The summed E-state index contributed by atoms with van der Waals surface area (Å²) in [5, 5.41) is 13.4. The monoisotopic (exact) mass is 510 g/mol. The van der Waals surface area contributed by atoms with Gasteiger partial charge in [-0.15, -0.1) is 0 Å². The molecule has 194 valence electrons. The zero-order valence-corrected chi connectivity index (χ0v) is 21.2. The van der Waals surface area contributed by atoms with Gasteiger partial charge >= 0.3 is 0 Å². The minimum Gasteiger partial charge on any atom is -0.382 e. The maximum Gasteiger partial charge on any atom is 0.236 e. The summed E-state index contributed by atoms with van der Waals surface area (Å²) in [5.74, 6) is 0.464. The normalized spacial score (nSPS) is 15.9. The molecule has 2 aromatic carbocycles. The molecule has 5 aromatic rings. The highest BCUT2D eigenvalue weighted by Crippen LogP contribution is 2.33. The number of carbonyl (C=O) groups is 1. The summed E-state index contributed by atoms with van der Waals surface area (Å²) < 4.78 is 9.54. The van der Waals surface area contributed by atoms with Crippen LogP contribution in [-0.4, -0.2) is 74.6 Å². The lowest BCUT2D eigenvalue weighted by molar-refractivity contribution is -0.138. The molecule has 1 aliphatic heterocycles. The molecule has 1 atom stereocenters. The smallest absolute Gasteiger partial charge is 0.236 e. The second-order valence-corrected chi connectivity index (χ2v) is 9.59. The fraction of sp³-hybridized carbons (Fsp3) is 0.286. The maximum atomic E-state index is 12.7. The van der Waals surface area contributed by atoms with Crippen molar-refractivity contribution in [1.29, 1.82) is 0 Å². The van der Waals surface area contributed by atoms with Gasteiger partial charge in [0.25, 0.3) is 0 Å². The van der Waals surface area contributed by atoms with Crippen molar-refractivity contribution in [2.24, 2.45) is 0 Å². The second kappa shape index (κ2) is 10.2. The first-order chi connectivity index (χ1) is 18.6. The van der Waals surface area contributed by atoms with Crippen molar-refractivity contribution in [3.05, 3.63) is 78.4 Å². The minimum absolute atomic E-state index is 0.0626. The number of nitrogens with two attached hydrogens (primary N) is 1. The van der Waals surface area contributed by atoms with Crippen molar-refractivity contribution in [2.75, 3.05) is 39.1 Å². The zero-order chi connectivity index (χ0) is 26.1. The molecule has 1 aliphatic rings. The largest absolute Gasteiger partial charge is 0.382 e. The van der Waals surface area contributed by atoms with Crippen LogP contribution in [0.25, 0.3) is 27.5 Å². The first kappa shape index (κ1) is 24.1. The predicted molar refractivity (Wildman–Crippen MR) is 146 cm³/mol. The molecule has 38 heavy (non-hydrogen) atoms. The molecule has 4 heterocycles. The van der Waals surface area contributed by atoms with Gasteiger partial charge in [-0.1, -0.05) is 42.5 Å². The average molecular weight is 511 g/mol. The number of nitrogens with zero attached hydrogens (tertiary/aromatic N) is 6. The number of fused-ring (bicyclic) bond motifs is 2. The number of morpholine rings is 1. The van der Waals surface area contributed by atoms with Gasteiger partial charge in [-0.25, -0.2) is 9.50 Å². The molecule has 1 saturated heterocycles. The van der Waals surface area contributed by atoms with E-state index in [9.17, 15) is 4.79 Å². The zero-order valence-electron chi connectivity index (χ0n) is 21.2. The molecule has 1 fully saturated rings. The van der Waals surface area contributed by atoms with E-state index in [-0.39, 0.29) is 11.9 Å². The molecule has 10 heteroatoms. The highest BCUT2D eigenvalue weighted by Gasteiger charge is 2.29. The van der Waals surface area contributed by atoms with Gasteiger partial charge in [0.2, 0.25) is 5.91 Å². The number of hydrogen-bond donors (Lipinski definition) is 2. The average Bonchev–Trinajstić information content (AvgIpc) is 3.51. The Morgan fingerprint density at radius 1 is 1.18 bits per heavy atom. The SMILES string of the molecule is CNCC(=O)N1CCOCC1Cc1cc(-c2ccc3cn(Cc4ccccc4)nc3c2)c2c(N)ncnn12. The Morgan fingerprint density at radius 2 is 2.05 bits per heavy atom. The number of nitrogens with one attached hydrogen (secondary N) is 1. The van der Waals surface area contributed by atoms with Gasteiger partial charge in [-0.2, -0.15) is 10.2 Å². The van der Waals surface area contributed by atoms with E-state index in [1.54, 1.807) is 7.05 Å². The van der Waals surface area contributed by atoms with Gasteiger partial charge < -0.3 is 20.7 Å². The Hall–Kier alpha value is -4.28. The summed E-state index contributed by atoms with van der Waals surface area (Å²) in [4.78, 5) is 18.9. The van der Waals surface area contributed by atoms with Crippen molar-refractivity contribution < 1.29 is 9.53 Å². The number of benzene rings is 2. The van der Waals surface area contributed by atoms with Crippen LogP contribution in [0, 0.1) is 0 Å². The van der Waals surface area contributed by atoms with Gasteiger partial charge in [0, 0.05) is 35.8 Å². The lowest BCUT2D eigenvalue weighted by Gasteiger charge is -2.35. The third-order valence-corrected chi connectivity index (χ3v) is 7.03. The van der Waals surface area contributed by atoms with Crippen molar-refractivity contribution in [3.8, 4) is 11.1 Å². The van der Waals surface area contributed by atoms with Crippen LogP contribution in [0.4, 0.5) is 5.82 Å². The summed E-state index contributed by atoms with van der Waals surface area (Å²) in [5.41, 5.74) is 12.1. The molecule has 1 amide bonds. The van der Waals surface area contributed by atoms with Crippen LogP contribution in [0.2, 0.25) is 0 Å². The van der Waals surface area contributed by atoms with Crippen LogP contribution in [0.3, 0.4) is 0 Å². The van der Waals surface area contributed by atoms with E-state index in [2.05, 4.69) is 58.0 Å². The summed E-state index contributed by atoms with van der Waals surface area (Å²) in [7, 11) is 1.78. The molecular weight excluding hydrogens is 480 g/mol. The highest BCUT2D eigenvalue weighted by atomic mass is 16.5. The lowest BCUT2D eigenvalue weighted by atomic mass is 10.0. The molecule has 3 N–H and O–H groups in total. The third kappa shape index (κ3) is 4.59. The second-order valence-electron chi connectivity index (χ2n) is 9.59. The number of nitrogen functional groups attached to an aromatic ring is 1. The van der Waals surface area contributed by atoms with Crippen molar-refractivity contribution in [2.45, 2.75) is 19.0 Å². The van der Waals surface area contributed by atoms with Crippen LogP contribution >= 0.6 is 0 Å². The van der Waals surface area contributed by atoms with E-state index >= 15 is 0 Å². The van der Waals surface area contributed by atoms with Gasteiger partial charge in [0.15, 0.2) is 5.82 Å². The van der Waals surface area contributed by atoms with Crippen LogP contribution < -0.4 is 11.1 Å². The molecular formula is C28H30N8O2. The summed E-state index contributed by atoms with van der Waals surface area (Å²) >= 11 is 0. The first-order valence-electron chi connectivity index (χ1n) is 12.7. The molecule has 10 nitrogen and oxygen atoms in total. The number of likely N-dealkylation sites (N-methyl/N-ethyl adjacent to an activating group) is 1. The number of rotatable bonds is 7. The molecule has 1 unspecified atom stereocenters. The molecule has 0 saturated carbocycles. The van der Waals surface area contributed by atoms with Gasteiger partial charge in [0.1, 0.15) is 11.8 Å². The summed E-state index contributed by atoms with van der Waals surface area (Å²) in [6.07, 6.45) is 4.11. The van der Waals surface area contributed by atoms with Gasteiger partial charge in [0.05, 0.1) is 37.9 Å². The number of ether oxygens (including phenoxy) is 1. The molecule has 6 rings (SSSR count). The predicted octanol–water partition coefficient (Wildman–Crippen LogP) is 2.37. The molecule has 0 spiro atoms. The van der Waals surface area contributed by atoms with E-state index in [0.29, 0.717) is 45.1 Å². The minimum atomic E-state index is -0.0945. The molecule has 0 radical (unpaired) electrons. The third-order valence-electron chi connectivity index (χ3n) is 7.03. The Balaban J connectivity index is 1.35. The first-order valence-corrected chi connectivity index (χ1v) is 12.7. The van der Waals surface area contributed by atoms with Crippen LogP contribution in [0.1, 0.15) is 11.3 Å². The topological polar surface area (TPSA) is 116 Å². The van der Waals surface area contributed by atoms with Gasteiger partial charge in [-0.3, -0.25) is 9.48 Å². The fourth-order valence-corrected chi connectivity index (χ4v) is 5.23. The lowest BCUT2D eigenvalue weighted by Crippen LogP contribution is -2.52. The maximum absolute atomic E-state index is 12.7. The summed E-state index contributed by atoms with van der Waals surface area (Å²) in [6, 6.07) is 18.5. The van der Waals surface area contributed by atoms with Crippen LogP contribution in [-0.2, 0) is 22.5 Å². The number of amides is 1. The fourth-order valence-electron chi connectivity index (χ4n) is 5.23. The standard InChI is InChI=1S/C28H30N8O2/c1-30-14-26(37)35-9-10-38-17-23(35)12-22-13-24(27-28(29)31-18-32-36(22)27)20-7-8-21-16-34(33-25(21)11-20)15-19-5-3-2-4-6-19/h2-8,11,13,16,18,23,30H,9-10,12,14-15,17H2,1H3,(H2,29,31,32). The summed E-state index contributed by atoms with van der Waals surface area (Å²) in [6.45, 7) is 2.59. The molecule has 0 bridgehead atoms. The van der Waals surface area contributed by atoms with E-state index in [1.807, 2.05) is 32.3 Å². The van der Waals surface area contributed by atoms with E-state index in [1.165, 1.54) is 11.9 Å². The van der Waals surface area contributed by atoms with Crippen molar-refractivity contribution in [1.82, 2.24) is 34.6 Å². The molecule has 3 aromatic heterocycles. The van der Waals surface area contributed by atoms with Crippen molar-refractivity contribution in [3.63, 3.8) is 0 Å².